The van der Waals surface area contributed by atoms with E-state index in [2.05, 4.69) is 6.92 Å². The molecule has 18 heavy (non-hydrogen) atoms. The molecule has 0 radical (unpaired) electrons. The van der Waals surface area contributed by atoms with Crippen LogP contribution >= 0.6 is 0 Å². The Hall–Kier alpha value is -1.77. The first kappa shape index (κ1) is 12.7. The zero-order valence-corrected chi connectivity index (χ0v) is 10.7. The topological polar surface area (TPSA) is 56.2 Å². The molecule has 0 saturated carbocycles. The van der Waals surface area contributed by atoms with Gasteiger partial charge in [-0.25, -0.2) is 4.79 Å². The molecule has 3 heteroatoms. The fourth-order valence-corrected chi connectivity index (χ4v) is 2.09. The van der Waals surface area contributed by atoms with Crippen molar-refractivity contribution in [3.63, 3.8) is 0 Å². The van der Waals surface area contributed by atoms with Crippen LogP contribution in [0.5, 0.6) is 0 Å². The first-order valence-electron chi connectivity index (χ1n) is 6.53. The Balaban J connectivity index is 2.21. The zero-order chi connectivity index (χ0) is 13.0. The summed E-state index contributed by atoms with van der Waals surface area (Å²) in [6.45, 7) is 2.18. The lowest BCUT2D eigenvalue weighted by atomic mass is 10.1. The van der Waals surface area contributed by atoms with Gasteiger partial charge in [0.2, 0.25) is 0 Å². The number of nitrogen functional groups attached to an aromatic ring is 1. The molecule has 1 heterocycles. The highest BCUT2D eigenvalue weighted by atomic mass is 16.4. The third-order valence-corrected chi connectivity index (χ3v) is 3.13. The van der Waals surface area contributed by atoms with Crippen LogP contribution in [-0.2, 0) is 6.42 Å². The number of unbranched alkanes of at least 4 members (excludes halogenated alkanes) is 3. The van der Waals surface area contributed by atoms with E-state index < -0.39 is 0 Å². The summed E-state index contributed by atoms with van der Waals surface area (Å²) in [6.07, 6.45) is 5.42. The SMILES string of the molecule is CCCCCCc1cc2ccc(N)cc2oc1=O. The summed E-state index contributed by atoms with van der Waals surface area (Å²) < 4.78 is 5.30. The van der Waals surface area contributed by atoms with E-state index >= 15 is 0 Å². The summed E-state index contributed by atoms with van der Waals surface area (Å²) in [5.74, 6) is 0. The van der Waals surface area contributed by atoms with Gasteiger partial charge in [0.05, 0.1) is 0 Å². The maximum Gasteiger partial charge on any atom is 0.339 e. The van der Waals surface area contributed by atoms with E-state index in [1.807, 2.05) is 18.2 Å². The fraction of sp³-hybridized carbons (Fsp3) is 0.400. The molecular formula is C15H19NO2. The van der Waals surface area contributed by atoms with Crippen LogP contribution in [0.1, 0.15) is 38.2 Å². The largest absolute Gasteiger partial charge is 0.422 e. The zero-order valence-electron chi connectivity index (χ0n) is 10.7. The molecule has 0 aliphatic rings. The van der Waals surface area contributed by atoms with Gasteiger partial charge in [-0.05, 0) is 31.0 Å². The molecule has 2 rings (SSSR count). The first-order valence-corrected chi connectivity index (χ1v) is 6.53. The van der Waals surface area contributed by atoms with Crippen molar-refractivity contribution >= 4 is 16.7 Å². The Morgan fingerprint density at radius 3 is 2.78 bits per heavy atom. The minimum Gasteiger partial charge on any atom is -0.422 e. The summed E-state index contributed by atoms with van der Waals surface area (Å²) in [6, 6.07) is 7.33. The molecule has 1 aromatic carbocycles. The van der Waals surface area contributed by atoms with E-state index in [4.69, 9.17) is 10.2 Å². The maximum absolute atomic E-state index is 11.8. The number of fused-ring (bicyclic) bond motifs is 1. The van der Waals surface area contributed by atoms with Crippen LogP contribution in [0.15, 0.2) is 33.5 Å². The van der Waals surface area contributed by atoms with Gasteiger partial charge in [-0.2, -0.15) is 0 Å². The summed E-state index contributed by atoms with van der Waals surface area (Å²) >= 11 is 0. The molecule has 0 aliphatic carbocycles. The average Bonchev–Trinajstić information content (AvgIpc) is 2.35. The van der Waals surface area contributed by atoms with Gasteiger partial charge in [-0.15, -0.1) is 0 Å². The van der Waals surface area contributed by atoms with Gasteiger partial charge in [-0.1, -0.05) is 26.2 Å². The van der Waals surface area contributed by atoms with Crippen molar-refractivity contribution in [2.24, 2.45) is 0 Å². The number of rotatable bonds is 5. The summed E-state index contributed by atoms with van der Waals surface area (Å²) in [7, 11) is 0. The molecule has 0 amide bonds. The molecule has 3 nitrogen and oxygen atoms in total. The van der Waals surface area contributed by atoms with E-state index in [1.54, 1.807) is 6.07 Å². The van der Waals surface area contributed by atoms with Crippen molar-refractivity contribution in [1.29, 1.82) is 0 Å². The molecule has 2 N–H and O–H groups in total. The number of hydrogen-bond acceptors (Lipinski definition) is 3. The number of nitrogens with two attached hydrogens (primary N) is 1. The van der Waals surface area contributed by atoms with Crippen LogP contribution in [0.4, 0.5) is 5.69 Å². The van der Waals surface area contributed by atoms with Crippen LogP contribution in [0.2, 0.25) is 0 Å². The molecule has 2 aromatic rings. The minimum absolute atomic E-state index is 0.232. The second-order valence-electron chi connectivity index (χ2n) is 4.67. The van der Waals surface area contributed by atoms with E-state index in [0.717, 1.165) is 30.2 Å². The predicted molar refractivity (Wildman–Crippen MR) is 74.7 cm³/mol. The Morgan fingerprint density at radius 1 is 1.17 bits per heavy atom. The highest BCUT2D eigenvalue weighted by molar-refractivity contribution is 5.80. The molecule has 0 unspecified atom stereocenters. The average molecular weight is 245 g/mol. The van der Waals surface area contributed by atoms with Crippen molar-refractivity contribution in [1.82, 2.24) is 0 Å². The number of anilines is 1. The van der Waals surface area contributed by atoms with E-state index in [9.17, 15) is 4.79 Å². The molecule has 0 spiro atoms. The summed E-state index contributed by atoms with van der Waals surface area (Å²) in [5.41, 5.74) is 7.38. The molecule has 0 fully saturated rings. The van der Waals surface area contributed by atoms with Crippen LogP contribution in [0.25, 0.3) is 11.0 Å². The Morgan fingerprint density at radius 2 is 2.00 bits per heavy atom. The molecule has 1 aromatic heterocycles. The molecule has 96 valence electrons. The van der Waals surface area contributed by atoms with Gasteiger partial charge < -0.3 is 10.2 Å². The second-order valence-corrected chi connectivity index (χ2v) is 4.67. The van der Waals surface area contributed by atoms with Crippen molar-refractivity contribution in [3.05, 3.63) is 40.2 Å². The van der Waals surface area contributed by atoms with Gasteiger partial charge in [0.1, 0.15) is 5.58 Å². The standard InChI is InChI=1S/C15H19NO2/c1-2-3-4-5-6-12-9-11-7-8-13(16)10-14(11)18-15(12)17/h7-10H,2-6,16H2,1H3. The molecular weight excluding hydrogens is 226 g/mol. The highest BCUT2D eigenvalue weighted by Gasteiger charge is 2.05. The molecule has 0 saturated heterocycles. The fourth-order valence-electron chi connectivity index (χ4n) is 2.09. The van der Waals surface area contributed by atoms with Crippen molar-refractivity contribution < 1.29 is 4.42 Å². The van der Waals surface area contributed by atoms with Crippen molar-refractivity contribution in [2.75, 3.05) is 5.73 Å². The predicted octanol–water partition coefficient (Wildman–Crippen LogP) is 3.50. The van der Waals surface area contributed by atoms with Crippen LogP contribution in [0, 0.1) is 0 Å². The van der Waals surface area contributed by atoms with Gasteiger partial charge in [-0.3, -0.25) is 0 Å². The van der Waals surface area contributed by atoms with E-state index in [0.29, 0.717) is 11.3 Å². The molecule has 0 atom stereocenters. The third kappa shape index (κ3) is 2.92. The summed E-state index contributed by atoms with van der Waals surface area (Å²) in [5, 5.41) is 0.939. The number of hydrogen-bond donors (Lipinski definition) is 1. The van der Waals surface area contributed by atoms with Crippen molar-refractivity contribution in [2.45, 2.75) is 39.0 Å². The normalized spacial score (nSPS) is 10.9. The maximum atomic E-state index is 11.8. The Kier molecular flexibility index (Phi) is 4.03. The van der Waals surface area contributed by atoms with E-state index in [1.165, 1.54) is 12.8 Å². The minimum atomic E-state index is -0.232. The van der Waals surface area contributed by atoms with Crippen LogP contribution in [-0.4, -0.2) is 0 Å². The number of aryl methyl sites for hydroxylation is 1. The van der Waals surface area contributed by atoms with Crippen LogP contribution in [0.3, 0.4) is 0 Å². The quantitative estimate of drug-likeness (QED) is 0.498. The van der Waals surface area contributed by atoms with Gasteiger partial charge in [0, 0.05) is 22.7 Å². The van der Waals surface area contributed by atoms with E-state index in [-0.39, 0.29) is 5.63 Å². The van der Waals surface area contributed by atoms with Crippen LogP contribution < -0.4 is 11.4 Å². The van der Waals surface area contributed by atoms with Gasteiger partial charge in [0.15, 0.2) is 0 Å². The first-order chi connectivity index (χ1) is 8.70. The lowest BCUT2D eigenvalue weighted by molar-refractivity contribution is 0.545. The Bertz CT molecular complexity index is 587. The monoisotopic (exact) mass is 245 g/mol. The second kappa shape index (κ2) is 5.71. The lowest BCUT2D eigenvalue weighted by Gasteiger charge is -2.03. The lowest BCUT2D eigenvalue weighted by Crippen LogP contribution is -2.07. The van der Waals surface area contributed by atoms with Gasteiger partial charge in [0.25, 0.3) is 0 Å². The third-order valence-electron chi connectivity index (χ3n) is 3.13. The highest BCUT2D eigenvalue weighted by Crippen LogP contribution is 2.17. The van der Waals surface area contributed by atoms with Gasteiger partial charge >= 0.3 is 5.63 Å². The molecule has 0 aliphatic heterocycles. The van der Waals surface area contributed by atoms with Crippen molar-refractivity contribution in [3.8, 4) is 0 Å². The molecule has 0 bridgehead atoms. The Labute approximate surface area is 107 Å². The number of benzene rings is 1. The summed E-state index contributed by atoms with van der Waals surface area (Å²) in [4.78, 5) is 11.8. The smallest absolute Gasteiger partial charge is 0.339 e.